The average molecular weight is 340 g/mol. The lowest BCUT2D eigenvalue weighted by atomic mass is 10.2. The van der Waals surface area contributed by atoms with Crippen molar-refractivity contribution in [3.8, 4) is 5.75 Å². The summed E-state index contributed by atoms with van der Waals surface area (Å²) in [6.45, 7) is 0.912. The number of thiazole rings is 1. The van der Waals surface area contributed by atoms with Gasteiger partial charge in [0.1, 0.15) is 10.8 Å². The summed E-state index contributed by atoms with van der Waals surface area (Å²) in [5.41, 5.74) is 5.72. The van der Waals surface area contributed by atoms with E-state index in [0.29, 0.717) is 28.9 Å². The Hall–Kier alpha value is -0.520. The van der Waals surface area contributed by atoms with Gasteiger partial charge in [-0.3, -0.25) is 0 Å². The fraction of sp³-hybridized carbons (Fsp3) is 0.250. The van der Waals surface area contributed by atoms with E-state index < -0.39 is 0 Å². The van der Waals surface area contributed by atoms with Gasteiger partial charge in [0, 0.05) is 29.2 Å². The molecule has 0 saturated heterocycles. The molecule has 0 aliphatic heterocycles. The van der Waals surface area contributed by atoms with Crippen LogP contribution in [0.1, 0.15) is 10.9 Å². The summed E-state index contributed by atoms with van der Waals surface area (Å²) in [6, 6.07) is 5.12. The van der Waals surface area contributed by atoms with Crippen LogP contribution in [0.2, 0.25) is 10.0 Å². The average Bonchev–Trinajstić information content (AvgIpc) is 2.88. The van der Waals surface area contributed by atoms with E-state index in [1.807, 2.05) is 5.38 Å². The minimum absolute atomic E-state index is 0. The van der Waals surface area contributed by atoms with E-state index in [1.54, 1.807) is 35.7 Å². The largest absolute Gasteiger partial charge is 0.491 e. The molecule has 0 aliphatic carbocycles. The van der Waals surface area contributed by atoms with Crippen molar-refractivity contribution in [1.82, 2.24) is 4.98 Å². The second-order valence-electron chi connectivity index (χ2n) is 3.69. The third kappa shape index (κ3) is 4.51. The number of rotatable bonds is 5. The van der Waals surface area contributed by atoms with Gasteiger partial charge in [-0.2, -0.15) is 0 Å². The number of hydrogen-bond acceptors (Lipinski definition) is 4. The molecule has 2 N–H and O–H groups in total. The topological polar surface area (TPSA) is 48.1 Å². The predicted molar refractivity (Wildman–Crippen MR) is 83.1 cm³/mol. The maximum Gasteiger partial charge on any atom is 0.139 e. The smallest absolute Gasteiger partial charge is 0.139 e. The quantitative estimate of drug-likeness (QED) is 0.896. The molecule has 1 aromatic carbocycles. The summed E-state index contributed by atoms with van der Waals surface area (Å²) in [6.07, 6.45) is 1.76. The highest BCUT2D eigenvalue weighted by atomic mass is 35.5. The SMILES string of the molecule is Cl.NC[C@H](COc1cc(Cl)ccc1Cl)c1nccs1. The van der Waals surface area contributed by atoms with Crippen molar-refractivity contribution in [2.24, 2.45) is 5.73 Å². The number of ether oxygens (including phenoxy) is 1. The van der Waals surface area contributed by atoms with Crippen LogP contribution in [0.15, 0.2) is 29.8 Å². The van der Waals surface area contributed by atoms with Crippen LogP contribution in [0.4, 0.5) is 0 Å². The summed E-state index contributed by atoms with van der Waals surface area (Å²) >= 11 is 13.5. The molecule has 0 saturated carbocycles. The maximum atomic E-state index is 6.02. The molecular weight excluding hydrogens is 327 g/mol. The van der Waals surface area contributed by atoms with Gasteiger partial charge in [0.05, 0.1) is 17.5 Å². The van der Waals surface area contributed by atoms with Crippen LogP contribution in [0.5, 0.6) is 5.75 Å². The van der Waals surface area contributed by atoms with Crippen LogP contribution in [0.25, 0.3) is 0 Å². The van der Waals surface area contributed by atoms with E-state index in [4.69, 9.17) is 33.7 Å². The van der Waals surface area contributed by atoms with Gasteiger partial charge in [-0.05, 0) is 12.1 Å². The maximum absolute atomic E-state index is 6.02. The Balaban J connectivity index is 0.00000180. The lowest BCUT2D eigenvalue weighted by molar-refractivity contribution is 0.290. The molecular formula is C12H13Cl3N2OS. The zero-order valence-corrected chi connectivity index (χ0v) is 13.0. The first kappa shape index (κ1) is 16.5. The van der Waals surface area contributed by atoms with Crippen LogP contribution in [-0.2, 0) is 0 Å². The Kier molecular flexibility index (Phi) is 6.89. The highest BCUT2D eigenvalue weighted by Gasteiger charge is 2.14. The highest BCUT2D eigenvalue weighted by molar-refractivity contribution is 7.09. The molecule has 0 aliphatic rings. The van der Waals surface area contributed by atoms with Crippen LogP contribution < -0.4 is 10.5 Å². The van der Waals surface area contributed by atoms with E-state index in [-0.39, 0.29) is 18.3 Å². The number of halogens is 3. The molecule has 1 heterocycles. The second kappa shape index (κ2) is 7.92. The van der Waals surface area contributed by atoms with Crippen LogP contribution in [-0.4, -0.2) is 18.1 Å². The molecule has 104 valence electrons. The van der Waals surface area contributed by atoms with Crippen LogP contribution >= 0.6 is 46.9 Å². The summed E-state index contributed by atoms with van der Waals surface area (Å²) in [5.74, 6) is 0.638. The first-order chi connectivity index (χ1) is 8.70. The second-order valence-corrected chi connectivity index (χ2v) is 5.46. The van der Waals surface area contributed by atoms with Crippen molar-refractivity contribution >= 4 is 46.9 Å². The Morgan fingerprint density at radius 3 is 2.79 bits per heavy atom. The lowest BCUT2D eigenvalue weighted by Gasteiger charge is -2.14. The first-order valence-corrected chi connectivity index (χ1v) is 7.01. The zero-order valence-electron chi connectivity index (χ0n) is 9.88. The summed E-state index contributed by atoms with van der Waals surface area (Å²) in [7, 11) is 0. The summed E-state index contributed by atoms with van der Waals surface area (Å²) < 4.78 is 5.66. The van der Waals surface area contributed by atoms with Crippen LogP contribution in [0, 0.1) is 0 Å². The standard InChI is InChI=1S/C12H12Cl2N2OS.ClH/c13-9-1-2-10(14)11(5-9)17-7-8(6-15)12-16-3-4-18-12;/h1-5,8H,6-7,15H2;1H/t8-;/m1./s1. The fourth-order valence-corrected chi connectivity index (χ4v) is 2.53. The van der Waals surface area contributed by atoms with Crippen molar-refractivity contribution in [2.45, 2.75) is 5.92 Å². The minimum Gasteiger partial charge on any atom is -0.491 e. The number of nitrogens with two attached hydrogens (primary N) is 1. The van der Waals surface area contributed by atoms with Gasteiger partial charge >= 0.3 is 0 Å². The molecule has 7 heteroatoms. The molecule has 0 radical (unpaired) electrons. The number of benzene rings is 1. The molecule has 0 bridgehead atoms. The summed E-state index contributed by atoms with van der Waals surface area (Å²) in [4.78, 5) is 4.24. The number of aromatic nitrogens is 1. The molecule has 0 fully saturated rings. The third-order valence-corrected chi connectivity index (χ3v) is 3.90. The van der Waals surface area contributed by atoms with Gasteiger partial charge in [0.2, 0.25) is 0 Å². The van der Waals surface area contributed by atoms with Gasteiger partial charge in [0.25, 0.3) is 0 Å². The molecule has 1 atom stereocenters. The van der Waals surface area contributed by atoms with E-state index in [2.05, 4.69) is 4.98 Å². The van der Waals surface area contributed by atoms with E-state index in [0.717, 1.165) is 5.01 Å². The molecule has 2 rings (SSSR count). The molecule has 3 nitrogen and oxygen atoms in total. The van der Waals surface area contributed by atoms with Crippen molar-refractivity contribution in [3.63, 3.8) is 0 Å². The Bertz CT molecular complexity index is 508. The van der Waals surface area contributed by atoms with Crippen LogP contribution in [0.3, 0.4) is 0 Å². The molecule has 1 aromatic heterocycles. The lowest BCUT2D eigenvalue weighted by Crippen LogP contribution is -2.19. The molecule has 0 amide bonds. The highest BCUT2D eigenvalue weighted by Crippen LogP contribution is 2.29. The predicted octanol–water partition coefficient (Wildman–Crippen LogP) is 3.99. The Morgan fingerprint density at radius 2 is 2.16 bits per heavy atom. The Morgan fingerprint density at radius 1 is 1.37 bits per heavy atom. The molecule has 19 heavy (non-hydrogen) atoms. The first-order valence-electron chi connectivity index (χ1n) is 5.38. The van der Waals surface area contributed by atoms with E-state index >= 15 is 0 Å². The number of nitrogens with zero attached hydrogens (tertiary/aromatic N) is 1. The molecule has 0 spiro atoms. The van der Waals surface area contributed by atoms with Crippen molar-refractivity contribution in [2.75, 3.05) is 13.2 Å². The molecule has 0 unspecified atom stereocenters. The monoisotopic (exact) mass is 338 g/mol. The van der Waals surface area contributed by atoms with Gasteiger partial charge in [0.15, 0.2) is 0 Å². The van der Waals surface area contributed by atoms with Crippen molar-refractivity contribution in [1.29, 1.82) is 0 Å². The van der Waals surface area contributed by atoms with Gasteiger partial charge < -0.3 is 10.5 Å². The van der Waals surface area contributed by atoms with Gasteiger partial charge in [-0.25, -0.2) is 4.98 Å². The fourth-order valence-electron chi connectivity index (χ4n) is 1.45. The normalized spacial score (nSPS) is 11.7. The number of hydrogen-bond donors (Lipinski definition) is 1. The Labute approximate surface area is 132 Å². The minimum atomic E-state index is 0. The van der Waals surface area contributed by atoms with Gasteiger partial charge in [-0.1, -0.05) is 23.2 Å². The zero-order chi connectivity index (χ0) is 13.0. The summed E-state index contributed by atoms with van der Waals surface area (Å²) in [5, 5.41) is 4.02. The third-order valence-electron chi connectivity index (χ3n) is 2.42. The van der Waals surface area contributed by atoms with E-state index in [1.165, 1.54) is 0 Å². The molecule has 2 aromatic rings. The van der Waals surface area contributed by atoms with E-state index in [9.17, 15) is 0 Å². The van der Waals surface area contributed by atoms with Crippen molar-refractivity contribution < 1.29 is 4.74 Å². The van der Waals surface area contributed by atoms with Crippen molar-refractivity contribution in [3.05, 3.63) is 44.8 Å². The van der Waals surface area contributed by atoms with Gasteiger partial charge in [-0.15, -0.1) is 23.7 Å².